The van der Waals surface area contributed by atoms with Crippen LogP contribution in [0.2, 0.25) is 0 Å². The van der Waals surface area contributed by atoms with Crippen LogP contribution in [-0.4, -0.2) is 23.4 Å². The highest BCUT2D eigenvalue weighted by Crippen LogP contribution is 2.29. The van der Waals surface area contributed by atoms with E-state index in [9.17, 15) is 0 Å². The van der Waals surface area contributed by atoms with Crippen LogP contribution >= 0.6 is 0 Å². The lowest BCUT2D eigenvalue weighted by atomic mass is 10.0. The molecule has 1 fully saturated rings. The molecule has 1 aliphatic rings. The van der Waals surface area contributed by atoms with E-state index < -0.39 is 0 Å². The number of nitrogens with two attached hydrogens (primary N) is 1. The first-order valence-electron chi connectivity index (χ1n) is 6.58. The number of nitrogen functional groups attached to an aromatic ring is 1. The number of rotatable bonds is 3. The van der Waals surface area contributed by atoms with Crippen LogP contribution < -0.4 is 10.6 Å². The summed E-state index contributed by atoms with van der Waals surface area (Å²) in [4.78, 5) is 6.97. The van der Waals surface area contributed by atoms with Gasteiger partial charge in [0.2, 0.25) is 0 Å². The molecule has 0 saturated carbocycles. The maximum Gasteiger partial charge on any atom is 0.129 e. The van der Waals surface area contributed by atoms with Crippen molar-refractivity contribution in [1.82, 2.24) is 4.98 Å². The fourth-order valence-corrected chi connectivity index (χ4v) is 2.72. The number of hydrogen-bond acceptors (Lipinski definition) is 3. The topological polar surface area (TPSA) is 66.0 Å². The monoisotopic (exact) mass is 246 g/mol. The third-order valence-corrected chi connectivity index (χ3v) is 3.61. The summed E-state index contributed by atoms with van der Waals surface area (Å²) >= 11 is 0. The van der Waals surface area contributed by atoms with Crippen LogP contribution in [0, 0.1) is 18.3 Å². The van der Waals surface area contributed by atoms with E-state index in [2.05, 4.69) is 23.7 Å². The van der Waals surface area contributed by atoms with Crippen LogP contribution in [0.3, 0.4) is 0 Å². The summed E-state index contributed by atoms with van der Waals surface area (Å²) in [6, 6.07) is 4.36. The molecule has 0 bridgehead atoms. The molecule has 18 heavy (non-hydrogen) atoms. The van der Waals surface area contributed by atoms with Crippen LogP contribution in [-0.2, 0) is 0 Å². The van der Waals surface area contributed by atoms with E-state index in [1.807, 2.05) is 19.1 Å². The third-order valence-electron chi connectivity index (χ3n) is 3.61. The Morgan fingerprint density at radius 3 is 2.83 bits per heavy atom. The van der Waals surface area contributed by atoms with Crippen molar-refractivity contribution in [2.75, 3.05) is 11.4 Å². The van der Waals surface area contributed by atoms with Gasteiger partial charge in [-0.3, -0.25) is 5.41 Å². The molecule has 1 saturated heterocycles. The molecule has 1 unspecified atom stereocenters. The normalized spacial score (nSPS) is 19.6. The first kappa shape index (κ1) is 12.9. The number of nitrogens with zero attached hydrogens (tertiary/aromatic N) is 2. The maximum absolute atomic E-state index is 7.57. The molecule has 1 aliphatic heterocycles. The van der Waals surface area contributed by atoms with Gasteiger partial charge in [0.15, 0.2) is 0 Å². The molecule has 3 N–H and O–H groups in total. The fourth-order valence-electron chi connectivity index (χ4n) is 2.72. The van der Waals surface area contributed by atoms with Crippen molar-refractivity contribution in [3.05, 3.63) is 23.4 Å². The summed E-state index contributed by atoms with van der Waals surface area (Å²) in [6.45, 7) is 7.52. The second-order valence-electron chi connectivity index (χ2n) is 5.42. The number of nitrogens with one attached hydrogen (secondary N) is 1. The van der Waals surface area contributed by atoms with Gasteiger partial charge in [0.25, 0.3) is 0 Å². The number of pyridine rings is 1. The smallest absolute Gasteiger partial charge is 0.129 e. The Balaban J connectivity index is 2.35. The maximum atomic E-state index is 7.57. The van der Waals surface area contributed by atoms with Gasteiger partial charge in [-0.25, -0.2) is 4.98 Å². The van der Waals surface area contributed by atoms with Crippen LogP contribution in [0.4, 0.5) is 5.82 Å². The van der Waals surface area contributed by atoms with E-state index in [1.54, 1.807) is 0 Å². The molecule has 2 heterocycles. The first-order valence-corrected chi connectivity index (χ1v) is 6.58. The molecule has 1 aromatic rings. The Labute approximate surface area is 109 Å². The van der Waals surface area contributed by atoms with Gasteiger partial charge in [0.05, 0.1) is 0 Å². The molecular formula is C14H22N4. The molecule has 0 amide bonds. The number of amidine groups is 1. The second kappa shape index (κ2) is 4.96. The molecule has 1 aromatic heterocycles. The van der Waals surface area contributed by atoms with Crippen LogP contribution in [0.15, 0.2) is 12.1 Å². The molecule has 2 rings (SSSR count). The lowest BCUT2D eigenvalue weighted by Crippen LogP contribution is -2.34. The van der Waals surface area contributed by atoms with E-state index in [4.69, 9.17) is 11.1 Å². The van der Waals surface area contributed by atoms with Crippen molar-refractivity contribution in [3.8, 4) is 0 Å². The van der Waals surface area contributed by atoms with E-state index in [1.165, 1.54) is 12.8 Å². The van der Waals surface area contributed by atoms with E-state index in [0.717, 1.165) is 23.6 Å². The summed E-state index contributed by atoms with van der Waals surface area (Å²) in [7, 11) is 0. The lowest BCUT2D eigenvalue weighted by molar-refractivity contribution is 0.489. The largest absolute Gasteiger partial charge is 0.384 e. The molecule has 4 nitrogen and oxygen atoms in total. The van der Waals surface area contributed by atoms with Crippen LogP contribution in [0.5, 0.6) is 0 Å². The van der Waals surface area contributed by atoms with Gasteiger partial charge in [-0.1, -0.05) is 13.8 Å². The van der Waals surface area contributed by atoms with E-state index >= 15 is 0 Å². The van der Waals surface area contributed by atoms with Gasteiger partial charge in [0.1, 0.15) is 11.7 Å². The summed E-state index contributed by atoms with van der Waals surface area (Å²) in [6.07, 6.45) is 2.44. The fraction of sp³-hybridized carbons (Fsp3) is 0.571. The average Bonchev–Trinajstić information content (AvgIpc) is 2.76. The van der Waals surface area contributed by atoms with Crippen LogP contribution in [0.25, 0.3) is 0 Å². The van der Waals surface area contributed by atoms with Crippen LogP contribution in [0.1, 0.15) is 37.9 Å². The van der Waals surface area contributed by atoms with Gasteiger partial charge in [-0.05, 0) is 37.8 Å². The molecule has 0 aliphatic carbocycles. The Morgan fingerprint density at radius 1 is 1.50 bits per heavy atom. The summed E-state index contributed by atoms with van der Waals surface area (Å²) in [5, 5.41) is 7.57. The van der Waals surface area contributed by atoms with Gasteiger partial charge < -0.3 is 10.6 Å². The lowest BCUT2D eigenvalue weighted by Gasteiger charge is -2.29. The van der Waals surface area contributed by atoms with E-state index in [0.29, 0.717) is 12.0 Å². The Morgan fingerprint density at radius 2 is 2.22 bits per heavy atom. The molecular weight excluding hydrogens is 224 g/mol. The highest BCUT2D eigenvalue weighted by atomic mass is 15.2. The number of aromatic nitrogens is 1. The zero-order valence-corrected chi connectivity index (χ0v) is 11.4. The Hall–Kier alpha value is -1.58. The predicted molar refractivity (Wildman–Crippen MR) is 75.2 cm³/mol. The van der Waals surface area contributed by atoms with Crippen molar-refractivity contribution >= 4 is 11.7 Å². The van der Waals surface area contributed by atoms with Crippen molar-refractivity contribution < 1.29 is 0 Å². The number of aryl methyl sites for hydroxylation is 1. The van der Waals surface area contributed by atoms with Crippen molar-refractivity contribution in [2.45, 2.75) is 39.7 Å². The van der Waals surface area contributed by atoms with Gasteiger partial charge in [0, 0.05) is 23.8 Å². The molecule has 0 aromatic carbocycles. The minimum Gasteiger partial charge on any atom is -0.384 e. The first-order chi connectivity index (χ1) is 8.49. The third kappa shape index (κ3) is 2.47. The second-order valence-corrected chi connectivity index (χ2v) is 5.42. The predicted octanol–water partition coefficient (Wildman–Crippen LogP) is 2.30. The minimum absolute atomic E-state index is 0.113. The molecule has 0 spiro atoms. The van der Waals surface area contributed by atoms with Gasteiger partial charge in [-0.2, -0.15) is 0 Å². The summed E-state index contributed by atoms with van der Waals surface area (Å²) in [5.74, 6) is 1.70. The number of anilines is 1. The zero-order chi connectivity index (χ0) is 13.3. The standard InChI is InChI=1S/C14H22N4/c1-9(2)12-5-4-6-18(12)13-8-11(14(15)16)7-10(3)17-13/h7-9,12H,4-6H2,1-3H3,(H3,15,16). The van der Waals surface area contributed by atoms with Crippen molar-refractivity contribution in [2.24, 2.45) is 11.7 Å². The zero-order valence-electron chi connectivity index (χ0n) is 11.4. The summed E-state index contributed by atoms with van der Waals surface area (Å²) in [5.41, 5.74) is 7.28. The van der Waals surface area contributed by atoms with Gasteiger partial charge >= 0.3 is 0 Å². The van der Waals surface area contributed by atoms with Gasteiger partial charge in [-0.15, -0.1) is 0 Å². The summed E-state index contributed by atoms with van der Waals surface area (Å²) < 4.78 is 0. The Kier molecular flexibility index (Phi) is 3.55. The molecule has 4 heteroatoms. The highest BCUT2D eigenvalue weighted by molar-refractivity contribution is 5.95. The molecule has 1 atom stereocenters. The minimum atomic E-state index is 0.113. The molecule has 0 radical (unpaired) electrons. The SMILES string of the molecule is Cc1cc(C(=N)N)cc(N2CCCC2C(C)C)n1. The average molecular weight is 246 g/mol. The molecule has 98 valence electrons. The highest BCUT2D eigenvalue weighted by Gasteiger charge is 2.28. The quantitative estimate of drug-likeness (QED) is 0.635. The van der Waals surface area contributed by atoms with E-state index in [-0.39, 0.29) is 5.84 Å². The van der Waals surface area contributed by atoms with Crippen molar-refractivity contribution in [1.29, 1.82) is 5.41 Å². The Bertz CT molecular complexity index is 453. The number of hydrogen-bond donors (Lipinski definition) is 2. The van der Waals surface area contributed by atoms with Crippen molar-refractivity contribution in [3.63, 3.8) is 0 Å².